The maximum Gasteiger partial charge on any atom is 0.162 e. The first kappa shape index (κ1) is 17.2. The summed E-state index contributed by atoms with van der Waals surface area (Å²) < 4.78 is 0. The summed E-state index contributed by atoms with van der Waals surface area (Å²) in [6.07, 6.45) is 3.42. The summed E-state index contributed by atoms with van der Waals surface area (Å²) >= 11 is 1.35. The third-order valence-corrected chi connectivity index (χ3v) is 4.57. The SMILES string of the molecule is CCC(C)(O)Cc1cc(/N=C\Nc2ccc(O)cc2)c(C=O)s1. The molecule has 1 aromatic carbocycles. The van der Waals surface area contributed by atoms with Crippen molar-refractivity contribution < 1.29 is 15.0 Å². The average molecular weight is 332 g/mol. The molecule has 0 fully saturated rings. The van der Waals surface area contributed by atoms with Gasteiger partial charge in [0.2, 0.25) is 0 Å². The molecule has 1 heterocycles. The zero-order valence-corrected chi connectivity index (χ0v) is 13.9. The number of benzene rings is 1. The number of aliphatic imine (C=N–C) groups is 1. The maximum absolute atomic E-state index is 11.2. The van der Waals surface area contributed by atoms with Crippen LogP contribution in [0.1, 0.15) is 34.8 Å². The lowest BCUT2D eigenvalue weighted by atomic mass is 9.98. The van der Waals surface area contributed by atoms with Gasteiger partial charge < -0.3 is 15.5 Å². The molecule has 0 aliphatic heterocycles. The van der Waals surface area contributed by atoms with Crippen molar-refractivity contribution in [3.05, 3.63) is 40.1 Å². The first-order valence-electron chi connectivity index (χ1n) is 7.32. The molecule has 0 saturated heterocycles. The Morgan fingerprint density at radius 1 is 1.35 bits per heavy atom. The van der Waals surface area contributed by atoms with Crippen LogP contribution in [0.2, 0.25) is 0 Å². The fraction of sp³-hybridized carbons (Fsp3) is 0.294. The van der Waals surface area contributed by atoms with Crippen molar-refractivity contribution in [3.8, 4) is 5.75 Å². The van der Waals surface area contributed by atoms with Crippen LogP contribution in [0.3, 0.4) is 0 Å². The minimum Gasteiger partial charge on any atom is -0.508 e. The van der Waals surface area contributed by atoms with Crippen LogP contribution in [0.4, 0.5) is 11.4 Å². The molecule has 1 atom stereocenters. The number of rotatable bonds is 7. The molecular weight excluding hydrogens is 312 g/mol. The van der Waals surface area contributed by atoms with Gasteiger partial charge in [-0.05, 0) is 43.7 Å². The first-order valence-corrected chi connectivity index (χ1v) is 8.13. The fourth-order valence-electron chi connectivity index (χ4n) is 1.95. The molecule has 1 unspecified atom stereocenters. The maximum atomic E-state index is 11.2. The number of phenolic OH excluding ortho intramolecular Hbond substituents is 1. The van der Waals surface area contributed by atoms with Crippen LogP contribution >= 0.6 is 11.3 Å². The van der Waals surface area contributed by atoms with Crippen molar-refractivity contribution in [1.29, 1.82) is 0 Å². The molecular formula is C17H20N2O3S. The summed E-state index contributed by atoms with van der Waals surface area (Å²) in [6.45, 7) is 3.71. The summed E-state index contributed by atoms with van der Waals surface area (Å²) in [4.78, 5) is 16.9. The summed E-state index contributed by atoms with van der Waals surface area (Å²) in [5.74, 6) is 0.196. The minimum atomic E-state index is -0.781. The monoisotopic (exact) mass is 332 g/mol. The van der Waals surface area contributed by atoms with Crippen LogP contribution in [-0.4, -0.2) is 28.4 Å². The van der Waals surface area contributed by atoms with Gasteiger partial charge in [0.15, 0.2) is 6.29 Å². The van der Waals surface area contributed by atoms with E-state index in [4.69, 9.17) is 0 Å². The predicted molar refractivity (Wildman–Crippen MR) is 94.2 cm³/mol. The quantitative estimate of drug-likeness (QED) is 0.312. The van der Waals surface area contributed by atoms with Crippen LogP contribution in [-0.2, 0) is 6.42 Å². The molecule has 23 heavy (non-hydrogen) atoms. The minimum absolute atomic E-state index is 0.196. The molecule has 0 radical (unpaired) electrons. The van der Waals surface area contributed by atoms with Crippen molar-refractivity contribution in [2.24, 2.45) is 4.99 Å². The number of aliphatic hydroxyl groups is 1. The normalized spacial score (nSPS) is 13.9. The van der Waals surface area contributed by atoms with Gasteiger partial charge in [-0.25, -0.2) is 4.99 Å². The van der Waals surface area contributed by atoms with Gasteiger partial charge >= 0.3 is 0 Å². The zero-order valence-electron chi connectivity index (χ0n) is 13.1. The molecule has 2 aromatic rings. The lowest BCUT2D eigenvalue weighted by molar-refractivity contribution is 0.0573. The van der Waals surface area contributed by atoms with Gasteiger partial charge in [-0.15, -0.1) is 11.3 Å². The zero-order chi connectivity index (χ0) is 16.9. The molecule has 5 nitrogen and oxygen atoms in total. The summed E-state index contributed by atoms with van der Waals surface area (Å²) in [7, 11) is 0. The largest absolute Gasteiger partial charge is 0.508 e. The number of phenols is 1. The second-order valence-corrected chi connectivity index (χ2v) is 6.73. The fourth-order valence-corrected chi connectivity index (χ4v) is 3.05. The van der Waals surface area contributed by atoms with Gasteiger partial charge in [0.1, 0.15) is 5.75 Å². The van der Waals surface area contributed by atoms with E-state index < -0.39 is 5.60 Å². The van der Waals surface area contributed by atoms with E-state index in [-0.39, 0.29) is 5.75 Å². The highest BCUT2D eigenvalue weighted by Crippen LogP contribution is 2.31. The Kier molecular flexibility index (Phi) is 5.52. The summed E-state index contributed by atoms with van der Waals surface area (Å²) in [5, 5.41) is 22.3. The van der Waals surface area contributed by atoms with Gasteiger partial charge in [-0.2, -0.15) is 0 Å². The van der Waals surface area contributed by atoms with Crippen molar-refractivity contribution in [1.82, 2.24) is 0 Å². The first-order chi connectivity index (χ1) is 10.9. The third kappa shape index (κ3) is 4.91. The van der Waals surface area contributed by atoms with Gasteiger partial charge in [-0.3, -0.25) is 4.79 Å². The number of aldehydes is 1. The van der Waals surface area contributed by atoms with Gasteiger partial charge in [-0.1, -0.05) is 6.92 Å². The van der Waals surface area contributed by atoms with E-state index >= 15 is 0 Å². The molecule has 1 aromatic heterocycles. The van der Waals surface area contributed by atoms with E-state index in [1.54, 1.807) is 31.2 Å². The number of thiophene rings is 1. The molecule has 2 rings (SSSR count). The predicted octanol–water partition coefficient (Wildman–Crippen LogP) is 3.74. The molecule has 0 amide bonds. The number of hydrogen-bond acceptors (Lipinski definition) is 5. The van der Waals surface area contributed by atoms with E-state index in [0.717, 1.165) is 16.9 Å². The van der Waals surface area contributed by atoms with E-state index in [1.807, 2.05) is 13.0 Å². The summed E-state index contributed by atoms with van der Waals surface area (Å²) in [5.41, 5.74) is 0.581. The highest BCUT2D eigenvalue weighted by atomic mass is 32.1. The summed E-state index contributed by atoms with van der Waals surface area (Å²) in [6, 6.07) is 8.41. The molecule has 0 aliphatic carbocycles. The number of nitrogens with one attached hydrogen (secondary N) is 1. The van der Waals surface area contributed by atoms with Crippen LogP contribution in [0.25, 0.3) is 0 Å². The topological polar surface area (TPSA) is 81.9 Å². The standard InChI is InChI=1S/C17H20N2O3S/c1-3-17(2,22)9-14-8-15(16(10-20)23-14)19-11-18-12-4-6-13(21)7-5-12/h4-8,10-11,21-22H,3,9H2,1-2H3,(H,18,19). The van der Waals surface area contributed by atoms with Gasteiger partial charge in [0.05, 0.1) is 22.5 Å². The number of hydrogen-bond donors (Lipinski definition) is 3. The van der Waals surface area contributed by atoms with Crippen LogP contribution in [0.5, 0.6) is 5.75 Å². The Bertz CT molecular complexity index is 690. The Morgan fingerprint density at radius 2 is 2.04 bits per heavy atom. The highest BCUT2D eigenvalue weighted by Gasteiger charge is 2.20. The molecule has 122 valence electrons. The smallest absolute Gasteiger partial charge is 0.162 e. The molecule has 0 bridgehead atoms. The molecule has 0 spiro atoms. The number of nitrogens with zero attached hydrogens (tertiary/aromatic N) is 1. The van der Waals surface area contributed by atoms with Crippen LogP contribution in [0.15, 0.2) is 35.3 Å². The third-order valence-electron chi connectivity index (χ3n) is 3.52. The molecule has 0 saturated carbocycles. The van der Waals surface area contributed by atoms with Crippen molar-refractivity contribution >= 4 is 35.3 Å². The van der Waals surface area contributed by atoms with Gasteiger partial charge in [0.25, 0.3) is 0 Å². The second-order valence-electron chi connectivity index (χ2n) is 5.56. The number of aromatic hydroxyl groups is 1. The molecule has 3 N–H and O–H groups in total. The van der Waals surface area contributed by atoms with Crippen LogP contribution < -0.4 is 5.32 Å². The number of carbonyl (C=O) groups excluding carboxylic acids is 1. The lowest BCUT2D eigenvalue weighted by Crippen LogP contribution is -2.25. The Hall–Kier alpha value is -2.18. The lowest BCUT2D eigenvalue weighted by Gasteiger charge is -2.19. The van der Waals surface area contributed by atoms with Crippen molar-refractivity contribution in [2.45, 2.75) is 32.3 Å². The van der Waals surface area contributed by atoms with Crippen molar-refractivity contribution in [2.75, 3.05) is 5.32 Å². The Balaban J connectivity index is 2.09. The van der Waals surface area contributed by atoms with E-state index in [2.05, 4.69) is 10.3 Å². The number of carbonyl (C=O) groups is 1. The van der Waals surface area contributed by atoms with Crippen molar-refractivity contribution in [3.63, 3.8) is 0 Å². The molecule has 0 aliphatic rings. The van der Waals surface area contributed by atoms with Crippen LogP contribution in [0, 0.1) is 0 Å². The van der Waals surface area contributed by atoms with Gasteiger partial charge in [0, 0.05) is 17.0 Å². The second kappa shape index (κ2) is 7.39. The number of anilines is 1. The Labute approximate surface area is 139 Å². The average Bonchev–Trinajstić information content (AvgIpc) is 2.90. The Morgan fingerprint density at radius 3 is 2.65 bits per heavy atom. The van der Waals surface area contributed by atoms with E-state index in [9.17, 15) is 15.0 Å². The van der Waals surface area contributed by atoms with E-state index in [1.165, 1.54) is 17.7 Å². The molecule has 6 heteroatoms. The van der Waals surface area contributed by atoms with E-state index in [0.29, 0.717) is 23.4 Å². The highest BCUT2D eigenvalue weighted by molar-refractivity contribution is 7.14.